The third-order valence-corrected chi connectivity index (χ3v) is 3.12. The molecular formula is C8H10ClNO2. The molecule has 3 nitrogen and oxygen atoms in total. The van der Waals surface area contributed by atoms with Gasteiger partial charge in [-0.15, -0.1) is 0 Å². The Kier molecular flexibility index (Phi) is 1.83. The van der Waals surface area contributed by atoms with E-state index in [-0.39, 0.29) is 23.7 Å². The van der Waals surface area contributed by atoms with Gasteiger partial charge in [-0.2, -0.15) is 4.42 Å². The fraction of sp³-hybridized carbons (Fsp3) is 0.750. The molecule has 1 saturated heterocycles. The number of imide groups is 1. The van der Waals surface area contributed by atoms with Gasteiger partial charge in [-0.1, -0.05) is 12.8 Å². The van der Waals surface area contributed by atoms with Crippen LogP contribution in [-0.4, -0.2) is 16.2 Å². The van der Waals surface area contributed by atoms with E-state index >= 15 is 0 Å². The van der Waals surface area contributed by atoms with Gasteiger partial charge in [0.25, 0.3) is 0 Å². The van der Waals surface area contributed by atoms with Gasteiger partial charge in [0.05, 0.1) is 11.8 Å². The van der Waals surface area contributed by atoms with Crippen LogP contribution < -0.4 is 0 Å². The summed E-state index contributed by atoms with van der Waals surface area (Å²) in [5.41, 5.74) is 0. The Bertz CT molecular complexity index is 217. The van der Waals surface area contributed by atoms with Crippen LogP contribution in [0.5, 0.6) is 0 Å². The molecule has 1 heterocycles. The molecule has 2 rings (SSSR count). The van der Waals surface area contributed by atoms with E-state index in [0.717, 1.165) is 30.1 Å². The molecule has 1 aliphatic carbocycles. The van der Waals surface area contributed by atoms with E-state index in [1.54, 1.807) is 0 Å². The van der Waals surface area contributed by atoms with Crippen molar-refractivity contribution in [3.8, 4) is 0 Å². The van der Waals surface area contributed by atoms with Crippen molar-refractivity contribution in [2.45, 2.75) is 25.7 Å². The van der Waals surface area contributed by atoms with Gasteiger partial charge in [-0.25, -0.2) is 0 Å². The van der Waals surface area contributed by atoms with Crippen LogP contribution >= 0.6 is 11.8 Å². The zero-order chi connectivity index (χ0) is 8.72. The van der Waals surface area contributed by atoms with E-state index in [4.69, 9.17) is 11.8 Å². The molecule has 1 saturated carbocycles. The highest BCUT2D eigenvalue weighted by molar-refractivity contribution is 6.33. The van der Waals surface area contributed by atoms with Gasteiger partial charge in [-0.05, 0) is 12.8 Å². The zero-order valence-corrected chi connectivity index (χ0v) is 7.38. The average molecular weight is 188 g/mol. The quantitative estimate of drug-likeness (QED) is 0.424. The van der Waals surface area contributed by atoms with Crippen molar-refractivity contribution < 1.29 is 9.59 Å². The van der Waals surface area contributed by atoms with Crippen LogP contribution in [0.1, 0.15) is 25.7 Å². The summed E-state index contributed by atoms with van der Waals surface area (Å²) in [7, 11) is 0. The lowest BCUT2D eigenvalue weighted by Gasteiger charge is -2.19. The van der Waals surface area contributed by atoms with Gasteiger partial charge >= 0.3 is 0 Å². The average Bonchev–Trinajstić information content (AvgIpc) is 2.33. The van der Waals surface area contributed by atoms with Gasteiger partial charge in [0.1, 0.15) is 0 Å². The molecule has 2 amide bonds. The molecule has 0 radical (unpaired) electrons. The molecule has 12 heavy (non-hydrogen) atoms. The Labute approximate surface area is 75.8 Å². The van der Waals surface area contributed by atoms with Gasteiger partial charge in [-0.3, -0.25) is 9.59 Å². The Hall–Kier alpha value is -0.570. The maximum Gasteiger partial charge on any atom is 0.247 e. The van der Waals surface area contributed by atoms with E-state index in [0.29, 0.717) is 0 Å². The molecular weight excluding hydrogens is 178 g/mol. The van der Waals surface area contributed by atoms with Crippen molar-refractivity contribution in [2.75, 3.05) is 0 Å². The van der Waals surface area contributed by atoms with Crippen LogP contribution in [0, 0.1) is 11.8 Å². The summed E-state index contributed by atoms with van der Waals surface area (Å²) < 4.78 is 0.778. The van der Waals surface area contributed by atoms with Gasteiger partial charge in [0.2, 0.25) is 11.8 Å². The van der Waals surface area contributed by atoms with Crippen LogP contribution in [0.4, 0.5) is 0 Å². The number of halogens is 1. The van der Waals surface area contributed by atoms with Gasteiger partial charge < -0.3 is 0 Å². The minimum atomic E-state index is -0.189. The number of fused-ring (bicyclic) bond motifs is 1. The molecule has 0 aromatic rings. The van der Waals surface area contributed by atoms with Crippen LogP contribution in [-0.2, 0) is 9.59 Å². The lowest BCUT2D eigenvalue weighted by molar-refractivity contribution is -0.133. The third kappa shape index (κ3) is 0.959. The normalized spacial score (nSPS) is 35.6. The molecule has 0 aromatic carbocycles. The molecule has 0 spiro atoms. The first-order chi connectivity index (χ1) is 5.72. The molecule has 4 heteroatoms. The van der Waals surface area contributed by atoms with Crippen LogP contribution in [0.2, 0.25) is 0 Å². The monoisotopic (exact) mass is 187 g/mol. The highest BCUT2D eigenvalue weighted by Gasteiger charge is 2.47. The first-order valence-corrected chi connectivity index (χ1v) is 4.59. The molecule has 2 fully saturated rings. The Morgan fingerprint density at radius 1 is 1.08 bits per heavy atom. The summed E-state index contributed by atoms with van der Waals surface area (Å²) in [5.74, 6) is -0.592. The lowest BCUT2D eigenvalue weighted by atomic mass is 9.81. The Balaban J connectivity index is 2.25. The summed E-state index contributed by atoms with van der Waals surface area (Å²) in [5, 5.41) is 0. The lowest BCUT2D eigenvalue weighted by Crippen LogP contribution is -2.21. The Morgan fingerprint density at radius 2 is 1.50 bits per heavy atom. The highest BCUT2D eigenvalue weighted by Crippen LogP contribution is 2.38. The molecule has 2 unspecified atom stereocenters. The summed E-state index contributed by atoms with van der Waals surface area (Å²) >= 11 is 5.52. The van der Waals surface area contributed by atoms with Crippen molar-refractivity contribution in [3.05, 3.63) is 0 Å². The molecule has 1 aliphatic heterocycles. The number of nitrogens with zero attached hydrogens (tertiary/aromatic N) is 1. The SMILES string of the molecule is O=C1C2CCCCC2C(=O)N1Cl. The predicted molar refractivity (Wildman–Crippen MR) is 43.2 cm³/mol. The standard InChI is InChI=1S/C8H10ClNO2/c9-10-7(11)5-3-1-2-4-6(5)8(10)12/h5-6H,1-4H2. The van der Waals surface area contributed by atoms with E-state index in [1.165, 1.54) is 0 Å². The maximum atomic E-state index is 11.3. The number of hydrogen-bond acceptors (Lipinski definition) is 2. The summed E-state index contributed by atoms with van der Waals surface area (Å²) in [6.07, 6.45) is 3.76. The van der Waals surface area contributed by atoms with Crippen LogP contribution in [0.3, 0.4) is 0 Å². The van der Waals surface area contributed by atoms with Gasteiger partial charge in [0.15, 0.2) is 0 Å². The number of hydrogen-bond donors (Lipinski definition) is 0. The minimum Gasteiger partial charge on any atom is -0.273 e. The van der Waals surface area contributed by atoms with E-state index in [1.807, 2.05) is 0 Å². The molecule has 66 valence electrons. The van der Waals surface area contributed by atoms with Crippen LogP contribution in [0.15, 0.2) is 0 Å². The largest absolute Gasteiger partial charge is 0.273 e. The predicted octanol–water partition coefficient (Wildman–Crippen LogP) is 1.32. The second-order valence-electron chi connectivity index (χ2n) is 3.45. The summed E-state index contributed by atoms with van der Waals surface area (Å²) in [6, 6.07) is 0. The molecule has 0 N–H and O–H groups in total. The second-order valence-corrected chi connectivity index (χ2v) is 3.79. The number of rotatable bonds is 0. The second kappa shape index (κ2) is 2.73. The first-order valence-electron chi connectivity index (χ1n) is 4.25. The minimum absolute atomic E-state index is 0.108. The number of amides is 2. The topological polar surface area (TPSA) is 37.4 Å². The van der Waals surface area contributed by atoms with E-state index < -0.39 is 0 Å². The van der Waals surface area contributed by atoms with Crippen molar-refractivity contribution in [2.24, 2.45) is 11.8 Å². The van der Waals surface area contributed by atoms with E-state index in [9.17, 15) is 9.59 Å². The smallest absolute Gasteiger partial charge is 0.247 e. The van der Waals surface area contributed by atoms with Crippen molar-refractivity contribution >= 4 is 23.6 Å². The summed E-state index contributed by atoms with van der Waals surface area (Å²) in [4.78, 5) is 22.6. The molecule has 2 atom stereocenters. The number of carbonyl (C=O) groups excluding carboxylic acids is 2. The van der Waals surface area contributed by atoms with Crippen molar-refractivity contribution in [1.29, 1.82) is 0 Å². The van der Waals surface area contributed by atoms with Crippen LogP contribution in [0.25, 0.3) is 0 Å². The molecule has 2 aliphatic rings. The zero-order valence-electron chi connectivity index (χ0n) is 6.62. The third-order valence-electron chi connectivity index (χ3n) is 2.79. The van der Waals surface area contributed by atoms with E-state index in [2.05, 4.69) is 0 Å². The van der Waals surface area contributed by atoms with Gasteiger partial charge in [0, 0.05) is 11.8 Å². The fourth-order valence-corrected chi connectivity index (χ4v) is 2.37. The van der Waals surface area contributed by atoms with Crippen molar-refractivity contribution in [1.82, 2.24) is 4.42 Å². The fourth-order valence-electron chi connectivity index (χ4n) is 2.12. The highest BCUT2D eigenvalue weighted by atomic mass is 35.5. The first kappa shape index (κ1) is 8.05. The Morgan fingerprint density at radius 3 is 1.92 bits per heavy atom. The molecule has 0 bridgehead atoms. The molecule has 0 aromatic heterocycles. The number of carbonyl (C=O) groups is 2. The maximum absolute atomic E-state index is 11.3. The summed E-state index contributed by atoms with van der Waals surface area (Å²) in [6.45, 7) is 0. The van der Waals surface area contributed by atoms with Crippen molar-refractivity contribution in [3.63, 3.8) is 0 Å².